The number of nitrogens with zero attached hydrogens (tertiary/aromatic N) is 2. The van der Waals surface area contributed by atoms with Crippen molar-refractivity contribution in [2.24, 2.45) is 17.8 Å². The predicted molar refractivity (Wildman–Crippen MR) is 269 cm³/mol. The quantitative estimate of drug-likeness (QED) is 0.0757. The van der Waals surface area contributed by atoms with Crippen molar-refractivity contribution < 1.29 is 52.6 Å². The van der Waals surface area contributed by atoms with Gasteiger partial charge in [-0.15, -0.1) is 0 Å². The van der Waals surface area contributed by atoms with Crippen LogP contribution in [0.5, 0.6) is 0 Å². The number of nitrogens with one attached hydrogen (secondary N) is 4. The number of amides is 6. The molecule has 18 heteroatoms. The predicted octanol–water partition coefficient (Wildman–Crippen LogP) is 6.60. The number of hydrogen-bond acceptors (Lipinski definition) is 11. The van der Waals surface area contributed by atoms with E-state index in [0.717, 1.165) is 10.5 Å². The summed E-state index contributed by atoms with van der Waals surface area (Å²) < 4.78 is 17.2. The van der Waals surface area contributed by atoms with Gasteiger partial charge in [-0.1, -0.05) is 76.9 Å². The Morgan fingerprint density at radius 2 is 1.59 bits per heavy atom. The molecule has 1 aliphatic heterocycles. The Morgan fingerprint density at radius 3 is 2.17 bits per heavy atom. The third-order valence-electron chi connectivity index (χ3n) is 12.2. The van der Waals surface area contributed by atoms with Crippen LogP contribution in [-0.4, -0.2) is 127 Å². The Bertz CT molecular complexity index is 2020. The number of benzene rings is 1. The summed E-state index contributed by atoms with van der Waals surface area (Å²) in [4.78, 5) is 113. The molecule has 70 heavy (non-hydrogen) atoms. The average Bonchev–Trinajstić information content (AvgIpc) is 3.28. The number of allylic oxidation sites excluding steroid dienone is 2. The third-order valence-corrected chi connectivity index (χ3v) is 12.5. The standard InChI is InChI=1S/C52H81ClN6O11/c1-15-32(5)43-46(62)55-36(9)50(66)69-44(33(6)16-2)34(7)20-19-21-35(8)49(65)68-41(28-31(3)4)45(61)56-39(22-17-18-27-54-51(67)70-52(10,11)12)47(63)59(14)40(29-37-23-25-38(53)26-24-37)48(64)58(13)30-42(60)57-43/h16,21,23-26,31-32,34,36,39-41,43-44H,15,17-20,22,27-30H2,1-14H3,(H,54,67)(H,55,62)(H,56,61)(H,57,60)/b33-16+,35-21+/t32-,34+,36-,39+,40-,41-,43+,44-/m1/s1. The van der Waals surface area contributed by atoms with Crippen LogP contribution in [0.1, 0.15) is 134 Å². The van der Waals surface area contributed by atoms with E-state index in [1.54, 1.807) is 65.0 Å². The lowest BCUT2D eigenvalue weighted by molar-refractivity contribution is -0.154. The molecule has 1 aromatic rings. The summed E-state index contributed by atoms with van der Waals surface area (Å²) in [6.07, 6.45) is 3.29. The molecule has 1 aliphatic rings. The summed E-state index contributed by atoms with van der Waals surface area (Å²) >= 11 is 6.20. The van der Waals surface area contributed by atoms with Gasteiger partial charge in [0.1, 0.15) is 35.9 Å². The maximum absolute atomic E-state index is 14.8. The van der Waals surface area contributed by atoms with Gasteiger partial charge in [-0.3, -0.25) is 24.0 Å². The molecule has 6 amide bonds. The Labute approximate surface area is 420 Å². The van der Waals surface area contributed by atoms with E-state index in [-0.39, 0.29) is 49.1 Å². The molecule has 392 valence electrons. The monoisotopic (exact) mass is 1000 g/mol. The largest absolute Gasteiger partial charge is 0.456 e. The van der Waals surface area contributed by atoms with Gasteiger partial charge in [0.2, 0.25) is 23.6 Å². The number of rotatable bonds is 12. The van der Waals surface area contributed by atoms with Gasteiger partial charge in [0, 0.05) is 37.7 Å². The highest BCUT2D eigenvalue weighted by molar-refractivity contribution is 6.30. The number of carbonyl (C=O) groups excluding carboxylic acids is 8. The highest BCUT2D eigenvalue weighted by atomic mass is 35.5. The average molecular weight is 1000 g/mol. The zero-order valence-electron chi connectivity index (χ0n) is 44.0. The van der Waals surface area contributed by atoms with Gasteiger partial charge >= 0.3 is 18.0 Å². The highest BCUT2D eigenvalue weighted by Crippen LogP contribution is 2.24. The van der Waals surface area contributed by atoms with Crippen LogP contribution in [0.15, 0.2) is 47.6 Å². The zero-order chi connectivity index (χ0) is 53.0. The van der Waals surface area contributed by atoms with Crippen molar-refractivity contribution in [2.75, 3.05) is 27.2 Å². The summed E-state index contributed by atoms with van der Waals surface area (Å²) in [5, 5.41) is 11.5. The Kier molecular flexibility index (Phi) is 25.2. The van der Waals surface area contributed by atoms with Crippen LogP contribution in [0, 0.1) is 17.8 Å². The molecule has 0 bridgehead atoms. The number of carbonyl (C=O) groups is 8. The Morgan fingerprint density at radius 1 is 0.943 bits per heavy atom. The van der Waals surface area contributed by atoms with E-state index < -0.39 is 96.1 Å². The molecule has 0 aromatic heterocycles. The second-order valence-electron chi connectivity index (χ2n) is 20.0. The lowest BCUT2D eigenvalue weighted by atomic mass is 9.93. The van der Waals surface area contributed by atoms with Crippen molar-refractivity contribution in [3.05, 3.63) is 58.1 Å². The number of likely N-dealkylation sites (N-methyl/N-ethyl adjacent to an activating group) is 2. The fourth-order valence-corrected chi connectivity index (χ4v) is 7.80. The van der Waals surface area contributed by atoms with Gasteiger partial charge in [-0.25, -0.2) is 14.4 Å². The smallest absolute Gasteiger partial charge is 0.407 e. The van der Waals surface area contributed by atoms with Crippen LogP contribution in [0.4, 0.5) is 4.79 Å². The van der Waals surface area contributed by atoms with Gasteiger partial charge in [0.05, 0.1) is 6.54 Å². The van der Waals surface area contributed by atoms with E-state index in [1.165, 1.54) is 25.9 Å². The highest BCUT2D eigenvalue weighted by Gasteiger charge is 2.37. The van der Waals surface area contributed by atoms with Crippen molar-refractivity contribution in [3.63, 3.8) is 0 Å². The van der Waals surface area contributed by atoms with Crippen molar-refractivity contribution in [1.82, 2.24) is 31.1 Å². The molecule has 0 saturated carbocycles. The summed E-state index contributed by atoms with van der Waals surface area (Å²) in [6.45, 7) is 21.0. The van der Waals surface area contributed by atoms with Gasteiger partial charge in [-0.05, 0) is 128 Å². The first kappa shape index (κ1) is 60.7. The molecule has 2 rings (SSSR count). The van der Waals surface area contributed by atoms with Crippen LogP contribution in [0.25, 0.3) is 0 Å². The number of alkyl carbamates (subject to hydrolysis) is 1. The molecule has 4 N–H and O–H groups in total. The topological polar surface area (TPSA) is 219 Å². The molecular weight excluding hydrogens is 920 g/mol. The van der Waals surface area contributed by atoms with Gasteiger partial charge in [0.15, 0.2) is 6.10 Å². The minimum absolute atomic E-state index is 0.0109. The first-order valence-electron chi connectivity index (χ1n) is 24.5. The number of unbranched alkanes of at least 4 members (excludes halogenated alkanes) is 1. The van der Waals surface area contributed by atoms with Crippen molar-refractivity contribution in [3.8, 4) is 0 Å². The van der Waals surface area contributed by atoms with Crippen LogP contribution < -0.4 is 21.3 Å². The fourth-order valence-electron chi connectivity index (χ4n) is 7.67. The van der Waals surface area contributed by atoms with E-state index >= 15 is 0 Å². The lowest BCUT2D eigenvalue weighted by Gasteiger charge is -2.34. The number of hydrogen-bond donors (Lipinski definition) is 4. The lowest BCUT2D eigenvalue weighted by Crippen LogP contribution is -2.58. The van der Waals surface area contributed by atoms with Crippen LogP contribution in [-0.2, 0) is 54.2 Å². The number of esters is 2. The van der Waals surface area contributed by atoms with Gasteiger partial charge in [0.25, 0.3) is 5.91 Å². The van der Waals surface area contributed by atoms with Gasteiger partial charge in [-0.2, -0.15) is 0 Å². The van der Waals surface area contributed by atoms with Crippen molar-refractivity contribution >= 4 is 59.2 Å². The van der Waals surface area contributed by atoms with Crippen molar-refractivity contribution in [2.45, 2.75) is 176 Å². The van der Waals surface area contributed by atoms with E-state index in [2.05, 4.69) is 21.3 Å². The van der Waals surface area contributed by atoms with Crippen molar-refractivity contribution in [1.29, 1.82) is 0 Å². The minimum Gasteiger partial charge on any atom is -0.456 e. The first-order valence-corrected chi connectivity index (χ1v) is 24.9. The van der Waals surface area contributed by atoms with Crippen LogP contribution in [0.3, 0.4) is 0 Å². The number of ether oxygens (including phenoxy) is 3. The summed E-state index contributed by atoms with van der Waals surface area (Å²) in [7, 11) is 2.84. The molecule has 0 aliphatic carbocycles. The number of halogens is 1. The second kappa shape index (κ2) is 29.0. The zero-order valence-corrected chi connectivity index (χ0v) is 44.8. The molecule has 17 nitrogen and oxygen atoms in total. The molecular formula is C52H81ClN6O11. The molecule has 0 fully saturated rings. The molecule has 1 aromatic carbocycles. The van der Waals surface area contributed by atoms with E-state index in [1.807, 2.05) is 47.6 Å². The first-order chi connectivity index (χ1) is 32.7. The molecule has 8 atom stereocenters. The summed E-state index contributed by atoms with van der Waals surface area (Å²) in [5.74, 6) is -5.35. The molecule has 0 unspecified atom stereocenters. The Balaban J connectivity index is 2.71. The van der Waals surface area contributed by atoms with Crippen LogP contribution in [0.2, 0.25) is 5.02 Å². The SMILES string of the molecule is C/C=C(\C)[C@H]1OC(=O)[C@@H](C)NC(=O)[C@H]([C@H](C)CC)NC(=O)CN(C)C(=O)[C@@H](Cc2ccc(Cl)cc2)N(C)C(=O)[C@H](CCCCNC(=O)OC(C)(C)C)NC(=O)[C@@H](CC(C)C)OC(=O)/C(C)=C/CC[C@@H]1C. The molecule has 0 saturated heterocycles. The summed E-state index contributed by atoms with van der Waals surface area (Å²) in [6, 6.07) is 2.10. The maximum atomic E-state index is 14.8. The molecule has 0 radical (unpaired) electrons. The van der Waals surface area contributed by atoms with E-state index in [0.29, 0.717) is 42.7 Å². The third kappa shape index (κ3) is 20.5. The van der Waals surface area contributed by atoms with Crippen LogP contribution >= 0.6 is 11.6 Å². The normalized spacial score (nSPS) is 25.2. The van der Waals surface area contributed by atoms with Gasteiger partial charge < -0.3 is 45.3 Å². The minimum atomic E-state index is -1.29. The maximum Gasteiger partial charge on any atom is 0.407 e. The fraction of sp³-hybridized carbons (Fsp3) is 0.654. The second-order valence-corrected chi connectivity index (χ2v) is 20.4. The molecule has 1 heterocycles. The number of cyclic esters (lactones) is 2. The Hall–Kier alpha value is -5.45. The summed E-state index contributed by atoms with van der Waals surface area (Å²) in [5.41, 5.74) is 0.975. The molecule has 0 spiro atoms. The van der Waals surface area contributed by atoms with E-state index in [4.69, 9.17) is 25.8 Å². The van der Waals surface area contributed by atoms with E-state index in [9.17, 15) is 38.4 Å².